The summed E-state index contributed by atoms with van der Waals surface area (Å²) < 4.78 is 5.14. The second-order valence-corrected chi connectivity index (χ2v) is 19.5. The molecule has 13 rings (SSSR count). The lowest BCUT2D eigenvalue weighted by molar-refractivity contribution is 1.29. The summed E-state index contributed by atoms with van der Waals surface area (Å²) in [6, 6.07) is 93.2. The van der Waals surface area contributed by atoms with Gasteiger partial charge in [-0.1, -0.05) is 176 Å². The third-order valence-corrected chi connectivity index (χ3v) is 15.5. The van der Waals surface area contributed by atoms with Crippen molar-refractivity contribution in [3.63, 3.8) is 0 Å². The van der Waals surface area contributed by atoms with Crippen LogP contribution in [-0.4, -0.2) is 0 Å². The fraction of sp³-hybridized carbons (Fsp3) is 0. The zero-order valence-electron chi connectivity index (χ0n) is 37.0. The maximum Gasteiger partial charge on any atom is 0.0540 e. The van der Waals surface area contributed by atoms with Crippen molar-refractivity contribution in [2.45, 2.75) is 0 Å². The van der Waals surface area contributed by atoms with Gasteiger partial charge in [-0.15, -0.1) is 22.7 Å². The Hall–Kier alpha value is -8.28. The molecule has 2 heterocycles. The molecule has 2 aromatic heterocycles. The Bertz CT molecular complexity index is 3980. The number of benzene rings is 11. The Kier molecular flexibility index (Phi) is 9.93. The van der Waals surface area contributed by atoms with Gasteiger partial charge in [0.15, 0.2) is 0 Å². The van der Waals surface area contributed by atoms with Crippen molar-refractivity contribution in [1.29, 1.82) is 0 Å². The van der Waals surface area contributed by atoms with Gasteiger partial charge in [-0.05, 0) is 118 Å². The van der Waals surface area contributed by atoms with E-state index in [4.69, 9.17) is 0 Å². The molecule has 68 heavy (non-hydrogen) atoms. The highest BCUT2D eigenvalue weighted by Gasteiger charge is 2.20. The number of hydrogen-bond donors (Lipinski definition) is 0. The average molecular weight is 903 g/mol. The zero-order chi connectivity index (χ0) is 45.0. The fourth-order valence-electron chi connectivity index (χ4n) is 9.93. The van der Waals surface area contributed by atoms with Crippen molar-refractivity contribution >= 4 is 108 Å². The molecule has 0 spiro atoms. The van der Waals surface area contributed by atoms with E-state index in [0.717, 1.165) is 45.3 Å². The molecule has 0 fully saturated rings. The van der Waals surface area contributed by atoms with Gasteiger partial charge in [0.05, 0.1) is 5.69 Å². The molecule has 0 unspecified atom stereocenters. The smallest absolute Gasteiger partial charge is 0.0540 e. The monoisotopic (exact) mass is 902 g/mol. The zero-order valence-corrected chi connectivity index (χ0v) is 38.6. The SMILES string of the molecule is c1ccc(-c2ccc(N(c3cccc(-c4cccc(N(c5ccc6c(c5)sc5ccccc56)c5cccc6ccccc56)c4)c3)c3ccc4c(c3)sc3cc(-c5ccccc5)ccc34)cc2)cc1. The van der Waals surface area contributed by atoms with Crippen molar-refractivity contribution in [1.82, 2.24) is 0 Å². The van der Waals surface area contributed by atoms with Crippen molar-refractivity contribution in [2.75, 3.05) is 9.80 Å². The molecule has 0 aliphatic rings. The maximum atomic E-state index is 2.43. The van der Waals surface area contributed by atoms with Gasteiger partial charge in [-0.3, -0.25) is 0 Å². The van der Waals surface area contributed by atoms with E-state index in [2.05, 4.69) is 265 Å². The van der Waals surface area contributed by atoms with E-state index in [0.29, 0.717) is 0 Å². The minimum atomic E-state index is 1.09. The van der Waals surface area contributed by atoms with Crippen LogP contribution in [-0.2, 0) is 0 Å². The van der Waals surface area contributed by atoms with Crippen LogP contribution in [0.1, 0.15) is 0 Å². The minimum absolute atomic E-state index is 1.09. The van der Waals surface area contributed by atoms with Crippen molar-refractivity contribution in [2.24, 2.45) is 0 Å². The molecule has 13 aromatic rings. The van der Waals surface area contributed by atoms with Crippen LogP contribution in [0.4, 0.5) is 34.1 Å². The first-order chi connectivity index (χ1) is 33.7. The third kappa shape index (κ3) is 7.19. The Morgan fingerprint density at radius 3 is 1.32 bits per heavy atom. The molecular formula is C64H42N2S2. The molecule has 0 radical (unpaired) electrons. The Labute approximate surface area is 403 Å². The van der Waals surface area contributed by atoms with Gasteiger partial charge in [-0.2, -0.15) is 0 Å². The summed E-state index contributed by atoms with van der Waals surface area (Å²) in [5.74, 6) is 0. The molecular weight excluding hydrogens is 861 g/mol. The van der Waals surface area contributed by atoms with Gasteiger partial charge in [-0.25, -0.2) is 0 Å². The molecule has 0 amide bonds. The fourth-order valence-corrected chi connectivity index (χ4v) is 12.2. The molecule has 0 aliphatic carbocycles. The molecule has 0 saturated heterocycles. The molecule has 2 nitrogen and oxygen atoms in total. The van der Waals surface area contributed by atoms with Crippen LogP contribution in [0.15, 0.2) is 255 Å². The Balaban J connectivity index is 0.930. The lowest BCUT2D eigenvalue weighted by Gasteiger charge is -2.28. The summed E-state index contributed by atoms with van der Waals surface area (Å²) in [6.45, 7) is 0. The Morgan fingerprint density at radius 1 is 0.221 bits per heavy atom. The number of nitrogens with zero attached hydrogens (tertiary/aromatic N) is 2. The van der Waals surface area contributed by atoms with E-state index in [9.17, 15) is 0 Å². The van der Waals surface area contributed by atoms with E-state index in [1.165, 1.54) is 73.4 Å². The molecule has 0 atom stereocenters. The molecule has 0 saturated carbocycles. The molecule has 0 N–H and O–H groups in total. The van der Waals surface area contributed by atoms with Gasteiger partial charge in [0.1, 0.15) is 0 Å². The number of hydrogen-bond acceptors (Lipinski definition) is 4. The summed E-state index contributed by atoms with van der Waals surface area (Å²) in [5.41, 5.74) is 13.8. The summed E-state index contributed by atoms with van der Waals surface area (Å²) in [6.07, 6.45) is 0. The first-order valence-corrected chi connectivity index (χ1v) is 24.7. The number of thiophene rings is 2. The Morgan fingerprint density at radius 2 is 0.632 bits per heavy atom. The van der Waals surface area contributed by atoms with E-state index in [1.807, 2.05) is 22.7 Å². The van der Waals surface area contributed by atoms with Crippen LogP contribution in [0.25, 0.3) is 84.5 Å². The van der Waals surface area contributed by atoms with Crippen molar-refractivity contribution in [3.05, 3.63) is 255 Å². The predicted molar refractivity (Wildman–Crippen MR) is 295 cm³/mol. The number of anilines is 6. The standard InChI is InChI=1S/C64H42N2S2/c1-3-14-43(15-4-1)45-28-31-50(32-29-45)65(53-33-36-59-57-35-30-49(44-16-5-2-6-17-44)40-62(57)68-64(59)41-53)51-22-11-20-47(38-51)48-21-12-23-52(39-48)66(60-26-13-19-46-18-7-8-24-55(46)60)54-34-37-58-56-25-9-10-27-61(56)67-63(58)42-54/h1-42H. The van der Waals surface area contributed by atoms with Crippen molar-refractivity contribution < 1.29 is 0 Å². The summed E-state index contributed by atoms with van der Waals surface area (Å²) >= 11 is 3.72. The van der Waals surface area contributed by atoms with E-state index >= 15 is 0 Å². The van der Waals surface area contributed by atoms with Gasteiger partial charge in [0.2, 0.25) is 0 Å². The van der Waals surface area contributed by atoms with Crippen molar-refractivity contribution in [3.8, 4) is 33.4 Å². The summed E-state index contributed by atoms with van der Waals surface area (Å²) in [7, 11) is 0. The van der Waals surface area contributed by atoms with Crippen LogP contribution in [0.2, 0.25) is 0 Å². The van der Waals surface area contributed by atoms with Crippen LogP contribution < -0.4 is 9.80 Å². The molecule has 11 aromatic carbocycles. The molecule has 4 heteroatoms. The molecule has 0 bridgehead atoms. The highest BCUT2D eigenvalue weighted by molar-refractivity contribution is 7.26. The lowest BCUT2D eigenvalue weighted by atomic mass is 10.0. The maximum absolute atomic E-state index is 2.43. The second kappa shape index (κ2) is 16.9. The summed E-state index contributed by atoms with van der Waals surface area (Å²) in [4.78, 5) is 4.84. The number of fused-ring (bicyclic) bond motifs is 7. The summed E-state index contributed by atoms with van der Waals surface area (Å²) in [5, 5.41) is 7.59. The van der Waals surface area contributed by atoms with Crippen LogP contribution in [0.5, 0.6) is 0 Å². The predicted octanol–water partition coefficient (Wildman–Crippen LogP) is 19.5. The molecule has 0 aliphatic heterocycles. The van der Waals surface area contributed by atoms with Gasteiger partial charge in [0, 0.05) is 74.2 Å². The van der Waals surface area contributed by atoms with Crippen LogP contribution >= 0.6 is 22.7 Å². The second-order valence-electron chi connectivity index (χ2n) is 17.3. The minimum Gasteiger partial charge on any atom is -0.310 e. The number of rotatable bonds is 9. The normalized spacial score (nSPS) is 11.5. The van der Waals surface area contributed by atoms with Gasteiger partial charge in [0.25, 0.3) is 0 Å². The van der Waals surface area contributed by atoms with E-state index in [-0.39, 0.29) is 0 Å². The first kappa shape index (κ1) is 40.0. The van der Waals surface area contributed by atoms with Gasteiger partial charge >= 0.3 is 0 Å². The highest BCUT2D eigenvalue weighted by atomic mass is 32.1. The first-order valence-electron chi connectivity index (χ1n) is 23.1. The quantitative estimate of drug-likeness (QED) is 0.142. The highest BCUT2D eigenvalue weighted by Crippen LogP contribution is 2.46. The molecule has 320 valence electrons. The van der Waals surface area contributed by atoms with E-state index in [1.54, 1.807) is 0 Å². The van der Waals surface area contributed by atoms with Crippen LogP contribution in [0, 0.1) is 0 Å². The third-order valence-electron chi connectivity index (χ3n) is 13.2. The lowest BCUT2D eigenvalue weighted by Crippen LogP contribution is -2.11. The average Bonchev–Trinajstić information content (AvgIpc) is 3.97. The largest absolute Gasteiger partial charge is 0.310 e. The van der Waals surface area contributed by atoms with E-state index < -0.39 is 0 Å². The van der Waals surface area contributed by atoms with Crippen LogP contribution in [0.3, 0.4) is 0 Å². The topological polar surface area (TPSA) is 6.48 Å². The van der Waals surface area contributed by atoms with Gasteiger partial charge < -0.3 is 9.80 Å².